The van der Waals surface area contributed by atoms with Gasteiger partial charge in [0.05, 0.1) is 16.9 Å². The molecule has 2 atom stereocenters. The smallest absolute Gasteiger partial charge is 0.179 e. The van der Waals surface area contributed by atoms with Gasteiger partial charge in [-0.05, 0) is 33.8 Å². The van der Waals surface area contributed by atoms with Gasteiger partial charge in [-0.2, -0.15) is 0 Å². The van der Waals surface area contributed by atoms with E-state index in [2.05, 4.69) is 15.9 Å². The van der Waals surface area contributed by atoms with Gasteiger partial charge in [0.15, 0.2) is 5.78 Å². The van der Waals surface area contributed by atoms with Crippen LogP contribution < -0.4 is 0 Å². The van der Waals surface area contributed by atoms with E-state index in [0.717, 1.165) is 15.8 Å². The van der Waals surface area contributed by atoms with Crippen molar-refractivity contribution in [1.29, 1.82) is 0 Å². The fraction of sp³-hybridized carbons (Fsp3) is 0.444. The molecule has 1 aromatic rings. The van der Waals surface area contributed by atoms with Crippen LogP contribution in [0, 0.1) is 5.92 Å². The standard InChI is InChI=1S/C9H9BrO2S/c1-12-7-4-5(7)8(11)9-6(10)2-3-13-9/h2-3,5,7H,4H2,1H3. The molecule has 0 saturated heterocycles. The lowest BCUT2D eigenvalue weighted by atomic mass is 10.2. The number of ketones is 1. The van der Waals surface area contributed by atoms with Crippen molar-refractivity contribution in [3.63, 3.8) is 0 Å². The Morgan fingerprint density at radius 3 is 3.00 bits per heavy atom. The van der Waals surface area contributed by atoms with Crippen molar-refractivity contribution >= 4 is 33.0 Å². The maximum atomic E-state index is 11.8. The highest BCUT2D eigenvalue weighted by molar-refractivity contribution is 9.10. The zero-order chi connectivity index (χ0) is 9.42. The van der Waals surface area contributed by atoms with E-state index in [-0.39, 0.29) is 17.8 Å². The summed E-state index contributed by atoms with van der Waals surface area (Å²) >= 11 is 4.84. The number of halogens is 1. The molecule has 13 heavy (non-hydrogen) atoms. The van der Waals surface area contributed by atoms with Crippen LogP contribution in [0.5, 0.6) is 0 Å². The molecule has 1 saturated carbocycles. The summed E-state index contributed by atoms with van der Waals surface area (Å²) in [6, 6.07) is 1.90. The molecule has 0 N–H and O–H groups in total. The van der Waals surface area contributed by atoms with Crippen molar-refractivity contribution in [2.24, 2.45) is 5.92 Å². The Morgan fingerprint density at radius 2 is 2.54 bits per heavy atom. The van der Waals surface area contributed by atoms with Gasteiger partial charge in [-0.15, -0.1) is 11.3 Å². The van der Waals surface area contributed by atoms with E-state index in [0.29, 0.717) is 0 Å². The van der Waals surface area contributed by atoms with Gasteiger partial charge in [0.1, 0.15) is 0 Å². The van der Waals surface area contributed by atoms with E-state index >= 15 is 0 Å². The van der Waals surface area contributed by atoms with Gasteiger partial charge in [-0.25, -0.2) is 0 Å². The molecule has 70 valence electrons. The number of rotatable bonds is 3. The molecule has 4 heteroatoms. The van der Waals surface area contributed by atoms with Gasteiger partial charge in [-0.1, -0.05) is 0 Å². The molecule has 0 amide bonds. The van der Waals surface area contributed by atoms with Gasteiger partial charge in [-0.3, -0.25) is 4.79 Å². The average Bonchev–Trinajstić information content (AvgIpc) is 2.80. The highest BCUT2D eigenvalue weighted by atomic mass is 79.9. The third-order valence-corrected chi connectivity index (χ3v) is 4.06. The maximum Gasteiger partial charge on any atom is 0.179 e. The second-order valence-electron chi connectivity index (χ2n) is 3.08. The molecule has 2 nitrogen and oxygen atoms in total. The van der Waals surface area contributed by atoms with Crippen molar-refractivity contribution in [2.45, 2.75) is 12.5 Å². The molecule has 0 aliphatic heterocycles. The molecule has 1 aliphatic rings. The summed E-state index contributed by atoms with van der Waals surface area (Å²) in [7, 11) is 1.65. The van der Waals surface area contributed by atoms with Crippen molar-refractivity contribution in [1.82, 2.24) is 0 Å². The van der Waals surface area contributed by atoms with Crippen LogP contribution in [0.15, 0.2) is 15.9 Å². The van der Waals surface area contributed by atoms with Crippen LogP contribution in [0.3, 0.4) is 0 Å². The Labute approximate surface area is 89.0 Å². The van der Waals surface area contributed by atoms with Gasteiger partial charge < -0.3 is 4.74 Å². The molecule has 0 radical (unpaired) electrons. The molecule has 0 spiro atoms. The average molecular weight is 261 g/mol. The fourth-order valence-corrected chi connectivity index (χ4v) is 2.92. The number of hydrogen-bond donors (Lipinski definition) is 0. The monoisotopic (exact) mass is 260 g/mol. The summed E-state index contributed by atoms with van der Waals surface area (Å²) < 4.78 is 6.01. The molecule has 0 bridgehead atoms. The molecule has 1 aliphatic carbocycles. The van der Waals surface area contributed by atoms with Crippen LogP contribution >= 0.6 is 27.3 Å². The third-order valence-electron chi connectivity index (χ3n) is 2.21. The van der Waals surface area contributed by atoms with E-state index < -0.39 is 0 Å². The van der Waals surface area contributed by atoms with Crippen LogP contribution in [0.2, 0.25) is 0 Å². The first-order valence-corrected chi connectivity index (χ1v) is 5.71. The van der Waals surface area contributed by atoms with E-state index in [1.165, 1.54) is 11.3 Å². The minimum atomic E-state index is 0.0972. The number of carbonyl (C=O) groups is 1. The Balaban J connectivity index is 2.11. The normalized spacial score (nSPS) is 26.0. The number of ether oxygens (including phenoxy) is 1. The van der Waals surface area contributed by atoms with Gasteiger partial charge >= 0.3 is 0 Å². The van der Waals surface area contributed by atoms with E-state index in [1.54, 1.807) is 7.11 Å². The minimum absolute atomic E-state index is 0.0972. The Morgan fingerprint density at radius 1 is 1.77 bits per heavy atom. The summed E-state index contributed by atoms with van der Waals surface area (Å²) in [6.07, 6.45) is 1.03. The van der Waals surface area contributed by atoms with Gasteiger partial charge in [0.2, 0.25) is 0 Å². The van der Waals surface area contributed by atoms with E-state index in [1.807, 2.05) is 11.4 Å². The van der Waals surface area contributed by atoms with E-state index in [9.17, 15) is 4.79 Å². The number of hydrogen-bond acceptors (Lipinski definition) is 3. The summed E-state index contributed by atoms with van der Waals surface area (Å²) in [6.45, 7) is 0. The first-order valence-electron chi connectivity index (χ1n) is 4.04. The van der Waals surface area contributed by atoms with Crippen molar-refractivity contribution in [2.75, 3.05) is 7.11 Å². The van der Waals surface area contributed by atoms with Crippen LogP contribution in [0.25, 0.3) is 0 Å². The van der Waals surface area contributed by atoms with Crippen molar-refractivity contribution < 1.29 is 9.53 Å². The zero-order valence-electron chi connectivity index (χ0n) is 7.12. The molecule has 0 aromatic carbocycles. The van der Waals surface area contributed by atoms with Crippen LogP contribution in [0.1, 0.15) is 16.1 Å². The topological polar surface area (TPSA) is 26.3 Å². The predicted molar refractivity (Wildman–Crippen MR) is 55.3 cm³/mol. The summed E-state index contributed by atoms with van der Waals surface area (Å²) in [4.78, 5) is 12.6. The quantitative estimate of drug-likeness (QED) is 0.782. The van der Waals surface area contributed by atoms with Crippen LogP contribution in [0.4, 0.5) is 0 Å². The third kappa shape index (κ3) is 1.71. The lowest BCUT2D eigenvalue weighted by Gasteiger charge is -1.96. The highest BCUT2D eigenvalue weighted by Gasteiger charge is 2.44. The molecular formula is C9H9BrO2S. The maximum absolute atomic E-state index is 11.8. The van der Waals surface area contributed by atoms with Gasteiger partial charge in [0.25, 0.3) is 0 Å². The molecule has 2 rings (SSSR count). The Bertz CT molecular complexity index is 334. The predicted octanol–water partition coefficient (Wildman–Crippen LogP) is 2.73. The molecule has 1 fully saturated rings. The Hall–Kier alpha value is -0.190. The second kappa shape index (κ2) is 3.52. The first-order chi connectivity index (χ1) is 6.24. The van der Waals surface area contributed by atoms with Crippen LogP contribution in [-0.4, -0.2) is 19.0 Å². The summed E-state index contributed by atoms with van der Waals surface area (Å²) in [5, 5.41) is 1.92. The van der Waals surface area contributed by atoms with Crippen molar-refractivity contribution in [3.8, 4) is 0 Å². The fourth-order valence-electron chi connectivity index (χ4n) is 1.35. The number of thiophene rings is 1. The lowest BCUT2D eigenvalue weighted by molar-refractivity contribution is 0.0922. The highest BCUT2D eigenvalue weighted by Crippen LogP contribution is 2.38. The summed E-state index contributed by atoms with van der Waals surface area (Å²) in [5.41, 5.74) is 0. The number of Topliss-reactive ketones (excluding diaryl/α,β-unsaturated/α-hetero) is 1. The molecule has 1 heterocycles. The zero-order valence-corrected chi connectivity index (χ0v) is 9.52. The van der Waals surface area contributed by atoms with Crippen LogP contribution in [-0.2, 0) is 4.74 Å². The molecular weight excluding hydrogens is 252 g/mol. The Kier molecular flexibility index (Phi) is 2.53. The van der Waals surface area contributed by atoms with Crippen molar-refractivity contribution in [3.05, 3.63) is 20.8 Å². The summed E-state index contributed by atoms with van der Waals surface area (Å²) in [5.74, 6) is 0.314. The minimum Gasteiger partial charge on any atom is -0.381 e. The number of methoxy groups -OCH3 is 1. The first kappa shape index (κ1) is 9.37. The molecule has 1 aromatic heterocycles. The molecule has 2 unspecified atom stereocenters. The lowest BCUT2D eigenvalue weighted by Crippen LogP contribution is -2.04. The van der Waals surface area contributed by atoms with Gasteiger partial charge in [0, 0.05) is 11.6 Å². The number of carbonyl (C=O) groups excluding carboxylic acids is 1. The second-order valence-corrected chi connectivity index (χ2v) is 4.85. The largest absolute Gasteiger partial charge is 0.381 e. The van der Waals surface area contributed by atoms with E-state index in [4.69, 9.17) is 4.74 Å². The SMILES string of the molecule is COC1CC1C(=O)c1sccc1Br.